The fourth-order valence-corrected chi connectivity index (χ4v) is 6.98. The molecule has 32 heavy (non-hydrogen) atoms. The van der Waals surface area contributed by atoms with Gasteiger partial charge in [-0.1, -0.05) is 38.5 Å². The molecule has 2 aromatic carbocycles. The third kappa shape index (κ3) is 5.13. The Morgan fingerprint density at radius 2 is 1.97 bits per heavy atom. The Morgan fingerprint density at radius 1 is 1.25 bits per heavy atom. The van der Waals surface area contributed by atoms with Crippen LogP contribution in [0.3, 0.4) is 0 Å². The summed E-state index contributed by atoms with van der Waals surface area (Å²) < 4.78 is 32.8. The summed E-state index contributed by atoms with van der Waals surface area (Å²) in [7, 11) is -3.62. The molecule has 1 aliphatic rings. The van der Waals surface area contributed by atoms with E-state index in [4.69, 9.17) is 9.84 Å². The molecule has 0 aromatic heterocycles. The van der Waals surface area contributed by atoms with Gasteiger partial charge in [0.2, 0.25) is 0 Å². The van der Waals surface area contributed by atoms with Gasteiger partial charge in [0.05, 0.1) is 33.6 Å². The van der Waals surface area contributed by atoms with Crippen molar-refractivity contribution in [1.29, 1.82) is 0 Å². The van der Waals surface area contributed by atoms with Crippen molar-refractivity contribution >= 4 is 38.9 Å². The zero-order valence-electron chi connectivity index (χ0n) is 18.6. The van der Waals surface area contributed by atoms with Gasteiger partial charge in [-0.15, -0.1) is 11.8 Å². The van der Waals surface area contributed by atoms with E-state index < -0.39 is 15.8 Å². The lowest BCUT2D eigenvalue weighted by atomic mass is 9.82. The van der Waals surface area contributed by atoms with Crippen LogP contribution in [0, 0.1) is 5.41 Å². The van der Waals surface area contributed by atoms with Crippen molar-refractivity contribution in [3.8, 4) is 5.75 Å². The average Bonchev–Trinajstić information content (AvgIpc) is 2.86. The number of sulfone groups is 1. The van der Waals surface area contributed by atoms with E-state index in [9.17, 15) is 13.2 Å². The number of hydrogen-bond donors (Lipinski definition) is 1. The van der Waals surface area contributed by atoms with Crippen LogP contribution < -0.4 is 9.64 Å². The number of carboxylic acids is 1. The minimum Gasteiger partial charge on any atom is -0.478 e. The summed E-state index contributed by atoms with van der Waals surface area (Å²) in [6.07, 6.45) is 6.27. The summed E-state index contributed by atoms with van der Waals surface area (Å²) in [6, 6.07) is 13.2. The third-order valence-electron chi connectivity index (χ3n) is 5.86. The van der Waals surface area contributed by atoms with Gasteiger partial charge < -0.3 is 14.7 Å². The van der Waals surface area contributed by atoms with Crippen molar-refractivity contribution in [3.63, 3.8) is 0 Å². The maximum atomic E-state index is 13.7. The summed E-state index contributed by atoms with van der Waals surface area (Å²) in [4.78, 5) is 13.9. The maximum absolute atomic E-state index is 13.7. The summed E-state index contributed by atoms with van der Waals surface area (Å²) in [5.41, 5.74) is 1.18. The van der Waals surface area contributed by atoms with Gasteiger partial charge in [-0.25, -0.2) is 13.2 Å². The molecule has 0 aliphatic carbocycles. The SMILES string of the molecule is CCCC1(CC)CN(c2ccccc2)c2cc(SC)c(O/C=C/C(=O)O)cc2S(=O)(=O)C1. The second-order valence-electron chi connectivity index (χ2n) is 8.01. The highest BCUT2D eigenvalue weighted by Crippen LogP contribution is 2.47. The molecule has 1 N–H and O–H groups in total. The molecule has 0 fully saturated rings. The number of benzene rings is 2. The van der Waals surface area contributed by atoms with E-state index in [2.05, 4.69) is 18.7 Å². The molecule has 2 aromatic rings. The van der Waals surface area contributed by atoms with Crippen molar-refractivity contribution in [2.24, 2.45) is 5.41 Å². The van der Waals surface area contributed by atoms with Crippen molar-refractivity contribution < 1.29 is 23.1 Å². The molecule has 0 saturated carbocycles. The number of aliphatic carboxylic acids is 1. The quantitative estimate of drug-likeness (QED) is 0.306. The molecule has 1 aliphatic heterocycles. The van der Waals surface area contributed by atoms with Crippen LogP contribution >= 0.6 is 11.8 Å². The van der Waals surface area contributed by atoms with Gasteiger partial charge in [-0.2, -0.15) is 0 Å². The fraction of sp³-hybridized carbons (Fsp3) is 0.375. The van der Waals surface area contributed by atoms with Crippen LogP contribution in [0.4, 0.5) is 11.4 Å². The molecular weight excluding hydrogens is 446 g/mol. The van der Waals surface area contributed by atoms with E-state index in [0.29, 0.717) is 18.0 Å². The number of para-hydroxylation sites is 1. The Hall–Kier alpha value is -2.45. The zero-order valence-corrected chi connectivity index (χ0v) is 20.2. The van der Waals surface area contributed by atoms with E-state index in [1.165, 1.54) is 17.8 Å². The van der Waals surface area contributed by atoms with E-state index in [1.54, 1.807) is 0 Å². The van der Waals surface area contributed by atoms with Crippen LogP contribution in [0.5, 0.6) is 5.75 Å². The Labute approximate surface area is 194 Å². The molecule has 1 heterocycles. The van der Waals surface area contributed by atoms with Gasteiger partial charge in [0.1, 0.15) is 5.75 Å². The summed E-state index contributed by atoms with van der Waals surface area (Å²) in [5.74, 6) is -0.755. The lowest BCUT2D eigenvalue weighted by Crippen LogP contribution is -2.37. The highest BCUT2D eigenvalue weighted by atomic mass is 32.2. The Morgan fingerprint density at radius 3 is 2.56 bits per heavy atom. The number of nitrogens with zero attached hydrogens (tertiary/aromatic N) is 1. The number of thioether (sulfide) groups is 1. The van der Waals surface area contributed by atoms with E-state index in [0.717, 1.165) is 42.2 Å². The first kappa shape index (κ1) is 24.2. The lowest BCUT2D eigenvalue weighted by Gasteiger charge is -2.36. The predicted octanol–water partition coefficient (Wildman–Crippen LogP) is 5.51. The van der Waals surface area contributed by atoms with E-state index >= 15 is 0 Å². The number of hydrogen-bond acceptors (Lipinski definition) is 6. The molecule has 0 spiro atoms. The molecule has 3 rings (SSSR count). The highest BCUT2D eigenvalue weighted by Gasteiger charge is 2.41. The van der Waals surface area contributed by atoms with Crippen LogP contribution in [0.1, 0.15) is 33.1 Å². The third-order valence-corrected chi connectivity index (χ3v) is 8.61. The first-order valence-corrected chi connectivity index (χ1v) is 13.5. The first-order valence-electron chi connectivity index (χ1n) is 10.6. The smallest absolute Gasteiger partial charge is 0.331 e. The molecule has 0 amide bonds. The predicted molar refractivity (Wildman–Crippen MR) is 129 cm³/mol. The van der Waals surface area contributed by atoms with Crippen LogP contribution in [0.2, 0.25) is 0 Å². The summed E-state index contributed by atoms with van der Waals surface area (Å²) in [6.45, 7) is 4.74. The van der Waals surface area contributed by atoms with Crippen molar-refractivity contribution in [2.75, 3.05) is 23.5 Å². The van der Waals surface area contributed by atoms with Crippen LogP contribution in [-0.4, -0.2) is 38.0 Å². The molecule has 0 radical (unpaired) electrons. The van der Waals surface area contributed by atoms with E-state index in [1.807, 2.05) is 42.7 Å². The highest BCUT2D eigenvalue weighted by molar-refractivity contribution is 7.98. The standard InChI is InChI=1S/C24H29NO5S2/c1-4-12-24(5-2)16-25(18-9-7-6-8-10-18)19-14-21(31-3)20(30-13-11-23(26)27)15-22(19)32(28,29)17-24/h6-11,13-15H,4-5,12,16-17H2,1-3H3,(H,26,27)/b13-11+. The molecule has 1 unspecified atom stereocenters. The number of rotatable bonds is 8. The van der Waals surface area contributed by atoms with Crippen LogP contribution in [-0.2, 0) is 14.6 Å². The first-order chi connectivity index (χ1) is 15.2. The molecule has 0 saturated heterocycles. The zero-order chi connectivity index (χ0) is 23.4. The number of fused-ring (bicyclic) bond motifs is 1. The van der Waals surface area contributed by atoms with Gasteiger partial charge in [0, 0.05) is 23.7 Å². The van der Waals surface area contributed by atoms with Crippen molar-refractivity contribution in [1.82, 2.24) is 0 Å². The second kappa shape index (κ2) is 10.0. The fourth-order valence-electron chi connectivity index (χ4n) is 4.27. The molecule has 0 bridgehead atoms. The molecule has 8 heteroatoms. The lowest BCUT2D eigenvalue weighted by molar-refractivity contribution is -0.131. The van der Waals surface area contributed by atoms with Gasteiger partial charge in [0.15, 0.2) is 9.84 Å². The number of anilines is 2. The monoisotopic (exact) mass is 475 g/mol. The molecule has 172 valence electrons. The summed E-state index contributed by atoms with van der Waals surface area (Å²) in [5, 5.41) is 8.85. The number of carboxylic acid groups (broad SMARTS) is 1. The number of ether oxygens (including phenoxy) is 1. The van der Waals surface area contributed by atoms with Crippen LogP contribution in [0.25, 0.3) is 0 Å². The van der Waals surface area contributed by atoms with Crippen LogP contribution in [0.15, 0.2) is 64.6 Å². The maximum Gasteiger partial charge on any atom is 0.331 e. The Balaban J connectivity index is 2.24. The summed E-state index contributed by atoms with van der Waals surface area (Å²) >= 11 is 1.42. The Bertz CT molecular complexity index is 1100. The topological polar surface area (TPSA) is 83.9 Å². The molecular formula is C24H29NO5S2. The molecule has 6 nitrogen and oxygen atoms in total. The van der Waals surface area contributed by atoms with E-state index in [-0.39, 0.29) is 16.1 Å². The van der Waals surface area contributed by atoms with Gasteiger partial charge in [-0.3, -0.25) is 0 Å². The average molecular weight is 476 g/mol. The normalized spacial score (nSPS) is 20.0. The second-order valence-corrected chi connectivity index (χ2v) is 10.8. The minimum atomic E-state index is -3.62. The van der Waals surface area contributed by atoms with Gasteiger partial charge in [0.25, 0.3) is 0 Å². The van der Waals surface area contributed by atoms with Gasteiger partial charge >= 0.3 is 5.97 Å². The van der Waals surface area contributed by atoms with Crippen molar-refractivity contribution in [2.45, 2.75) is 42.9 Å². The largest absolute Gasteiger partial charge is 0.478 e. The number of carbonyl (C=O) groups is 1. The van der Waals surface area contributed by atoms with Gasteiger partial charge in [-0.05, 0) is 37.3 Å². The Kier molecular flexibility index (Phi) is 7.56. The minimum absolute atomic E-state index is 0.0592. The molecule has 1 atom stereocenters. The van der Waals surface area contributed by atoms with Crippen molar-refractivity contribution in [3.05, 3.63) is 54.8 Å².